The Morgan fingerprint density at radius 2 is 1.74 bits per heavy atom. The van der Waals surface area contributed by atoms with Gasteiger partial charge in [-0.2, -0.15) is 0 Å². The lowest BCUT2D eigenvalue weighted by molar-refractivity contribution is -0.159. The zero-order chi connectivity index (χ0) is 26.9. The number of hydrogen-bond donors (Lipinski definition) is 3. The van der Waals surface area contributed by atoms with Crippen LogP contribution in [0.4, 0.5) is 0 Å². The van der Waals surface area contributed by atoms with E-state index in [-0.39, 0.29) is 0 Å². The molecule has 4 aromatic rings. The van der Waals surface area contributed by atoms with Gasteiger partial charge in [-0.15, -0.1) is 10.2 Å². The van der Waals surface area contributed by atoms with Crippen LogP contribution in [0.3, 0.4) is 0 Å². The molecule has 38 heavy (non-hydrogen) atoms. The zero-order valence-electron chi connectivity index (χ0n) is 21.3. The van der Waals surface area contributed by atoms with E-state index >= 15 is 0 Å². The fraction of sp³-hybridized carbons (Fsp3) is 0.385. The Morgan fingerprint density at radius 3 is 2.39 bits per heavy atom. The third-order valence-corrected chi connectivity index (χ3v) is 6.66. The van der Waals surface area contributed by atoms with Crippen molar-refractivity contribution in [2.45, 2.75) is 25.7 Å². The molecule has 0 bridgehead atoms. The molecule has 200 valence electrons. The van der Waals surface area contributed by atoms with E-state index in [4.69, 9.17) is 19.8 Å². The summed E-state index contributed by atoms with van der Waals surface area (Å²) in [5, 5.41) is 23.9. The Hall–Kier alpha value is -4.16. The molecule has 1 atom stereocenters. The van der Waals surface area contributed by atoms with E-state index in [1.165, 1.54) is 22.9 Å². The number of carbonyl (C=O) groups is 2. The van der Waals surface area contributed by atoms with Gasteiger partial charge in [0, 0.05) is 80.0 Å². The van der Waals surface area contributed by atoms with Crippen LogP contribution in [0, 0.1) is 0 Å². The maximum Gasteiger partial charge on any atom is 0.414 e. The third-order valence-electron chi connectivity index (χ3n) is 6.66. The highest BCUT2D eigenvalue weighted by molar-refractivity contribution is 6.27. The highest BCUT2D eigenvalue weighted by atomic mass is 16.4. The lowest BCUT2D eigenvalue weighted by Crippen LogP contribution is -2.47. The van der Waals surface area contributed by atoms with Crippen LogP contribution in [-0.4, -0.2) is 101 Å². The van der Waals surface area contributed by atoms with Gasteiger partial charge in [0.05, 0.1) is 5.69 Å². The fourth-order valence-corrected chi connectivity index (χ4v) is 4.60. The summed E-state index contributed by atoms with van der Waals surface area (Å²) >= 11 is 0. The molecule has 1 unspecified atom stereocenters. The van der Waals surface area contributed by atoms with Gasteiger partial charge in [-0.05, 0) is 43.1 Å². The van der Waals surface area contributed by atoms with Gasteiger partial charge >= 0.3 is 11.9 Å². The number of carboxylic acids is 2. The molecule has 12 heteroatoms. The summed E-state index contributed by atoms with van der Waals surface area (Å²) in [6, 6.07) is 6.45. The number of benzene rings is 1. The second-order valence-corrected chi connectivity index (χ2v) is 9.30. The number of nitrogens with zero attached hydrogens (tertiary/aromatic N) is 7. The molecular weight excluding hydrogens is 488 g/mol. The molecule has 5 rings (SSSR count). The van der Waals surface area contributed by atoms with Crippen molar-refractivity contribution in [3.8, 4) is 5.69 Å². The molecular formula is C26H32N8O4. The highest BCUT2D eigenvalue weighted by Gasteiger charge is 2.19. The van der Waals surface area contributed by atoms with Gasteiger partial charge in [0.1, 0.15) is 12.7 Å². The zero-order valence-corrected chi connectivity index (χ0v) is 21.3. The molecule has 3 aromatic heterocycles. The number of aromatic nitrogens is 6. The molecule has 4 heterocycles. The molecule has 1 fully saturated rings. The Morgan fingerprint density at radius 1 is 1.03 bits per heavy atom. The van der Waals surface area contributed by atoms with Crippen molar-refractivity contribution in [3.63, 3.8) is 0 Å². The van der Waals surface area contributed by atoms with Crippen LogP contribution < -0.4 is 0 Å². The summed E-state index contributed by atoms with van der Waals surface area (Å²) in [6.07, 6.45) is 13.3. The van der Waals surface area contributed by atoms with Gasteiger partial charge in [-0.1, -0.05) is 6.92 Å². The van der Waals surface area contributed by atoms with E-state index in [1.54, 1.807) is 25.0 Å². The monoisotopic (exact) mass is 520 g/mol. The smallest absolute Gasteiger partial charge is 0.414 e. The summed E-state index contributed by atoms with van der Waals surface area (Å²) in [5.74, 6) is -3.23. The number of carboxylic acid groups (broad SMARTS) is 2. The van der Waals surface area contributed by atoms with E-state index in [1.807, 2.05) is 10.8 Å². The Labute approximate surface area is 220 Å². The molecule has 0 saturated carbocycles. The van der Waals surface area contributed by atoms with Crippen molar-refractivity contribution in [1.29, 1.82) is 0 Å². The third kappa shape index (κ3) is 7.20. The van der Waals surface area contributed by atoms with Gasteiger partial charge in [-0.3, -0.25) is 14.5 Å². The lowest BCUT2D eigenvalue weighted by Gasteiger charge is -2.35. The molecule has 1 aliphatic rings. The van der Waals surface area contributed by atoms with Gasteiger partial charge in [0.2, 0.25) is 0 Å². The van der Waals surface area contributed by atoms with E-state index in [0.717, 1.165) is 57.1 Å². The van der Waals surface area contributed by atoms with E-state index in [2.05, 4.69) is 66.3 Å². The van der Waals surface area contributed by atoms with Crippen LogP contribution in [0.25, 0.3) is 16.6 Å². The number of aromatic amines is 1. The van der Waals surface area contributed by atoms with Gasteiger partial charge in [0.25, 0.3) is 0 Å². The van der Waals surface area contributed by atoms with E-state index < -0.39 is 11.9 Å². The number of H-pyrrole nitrogens is 1. The first-order valence-corrected chi connectivity index (χ1v) is 12.5. The van der Waals surface area contributed by atoms with Gasteiger partial charge < -0.3 is 25.0 Å². The first kappa shape index (κ1) is 26.9. The average Bonchev–Trinajstić information content (AvgIpc) is 3.61. The Bertz CT molecular complexity index is 1310. The molecule has 0 amide bonds. The number of aryl methyl sites for hydroxylation is 1. The largest absolute Gasteiger partial charge is 0.473 e. The maximum absolute atomic E-state index is 9.10. The predicted octanol–water partition coefficient (Wildman–Crippen LogP) is 2.05. The Balaban J connectivity index is 0.000000505. The quantitative estimate of drug-likeness (QED) is 0.294. The molecule has 3 N–H and O–H groups in total. The summed E-state index contributed by atoms with van der Waals surface area (Å²) in [4.78, 5) is 35.4. The van der Waals surface area contributed by atoms with Gasteiger partial charge in [0.15, 0.2) is 0 Å². The molecule has 12 nitrogen and oxygen atoms in total. The minimum Gasteiger partial charge on any atom is -0.473 e. The van der Waals surface area contributed by atoms with Crippen molar-refractivity contribution < 1.29 is 19.8 Å². The average molecular weight is 521 g/mol. The molecule has 1 aliphatic heterocycles. The number of hydrogen-bond acceptors (Lipinski definition) is 8. The molecule has 1 saturated heterocycles. The van der Waals surface area contributed by atoms with Crippen LogP contribution in [-0.2, 0) is 16.0 Å². The summed E-state index contributed by atoms with van der Waals surface area (Å²) < 4.78 is 1.95. The SMILES string of the molecule is CC(CN1CCN(CCCc2c[nH]c3ccc(-n4cnnc4)cc23)CC1)c1cnccn1.O=C(O)C(=O)O. The number of rotatable bonds is 8. The van der Waals surface area contributed by atoms with Crippen molar-refractivity contribution in [1.82, 2.24) is 39.5 Å². The molecule has 0 radical (unpaired) electrons. The van der Waals surface area contributed by atoms with Crippen molar-refractivity contribution in [2.75, 3.05) is 39.3 Å². The van der Waals surface area contributed by atoms with E-state index in [0.29, 0.717) is 5.92 Å². The Kier molecular flexibility index (Phi) is 9.11. The fourth-order valence-electron chi connectivity index (χ4n) is 4.60. The molecule has 0 spiro atoms. The highest BCUT2D eigenvalue weighted by Crippen LogP contribution is 2.23. The first-order chi connectivity index (χ1) is 18.4. The van der Waals surface area contributed by atoms with Crippen molar-refractivity contribution in [2.24, 2.45) is 0 Å². The lowest BCUT2D eigenvalue weighted by atomic mass is 10.1. The number of nitrogens with one attached hydrogen (secondary N) is 1. The molecule has 1 aromatic carbocycles. The second-order valence-electron chi connectivity index (χ2n) is 9.30. The van der Waals surface area contributed by atoms with Crippen molar-refractivity contribution >= 4 is 22.8 Å². The standard InChI is InChI=1S/C24H30N8.C2H2O4/c1-19(24-15-25-6-7-26-24)16-31-11-9-30(10-12-31)8-2-3-20-14-27-23-5-4-21(13-22(20)23)32-17-28-29-18-32;3-1(4)2(5)6/h4-7,13-15,17-19,27H,2-3,8-12,16H2,1H3;(H,3,4)(H,5,6). The predicted molar refractivity (Wildman–Crippen MR) is 140 cm³/mol. The second kappa shape index (κ2) is 12.9. The van der Waals surface area contributed by atoms with Crippen molar-refractivity contribution in [3.05, 3.63) is 66.9 Å². The molecule has 0 aliphatic carbocycles. The minimum absolute atomic E-state index is 0.417. The number of piperazine rings is 1. The van der Waals surface area contributed by atoms with Crippen LogP contribution in [0.2, 0.25) is 0 Å². The van der Waals surface area contributed by atoms with E-state index in [9.17, 15) is 0 Å². The van der Waals surface area contributed by atoms with Gasteiger partial charge in [-0.25, -0.2) is 9.59 Å². The summed E-state index contributed by atoms with van der Waals surface area (Å²) in [7, 11) is 0. The first-order valence-electron chi connectivity index (χ1n) is 12.5. The van der Waals surface area contributed by atoms with Crippen LogP contribution in [0.5, 0.6) is 0 Å². The number of fused-ring (bicyclic) bond motifs is 1. The summed E-state index contributed by atoms with van der Waals surface area (Å²) in [5.41, 5.74) is 4.74. The maximum atomic E-state index is 9.10. The normalized spacial score (nSPS) is 15.1. The minimum atomic E-state index is -1.82. The van der Waals surface area contributed by atoms with Crippen LogP contribution >= 0.6 is 0 Å². The number of aliphatic carboxylic acids is 2. The van der Waals surface area contributed by atoms with Crippen LogP contribution in [0.1, 0.15) is 30.5 Å². The van der Waals surface area contributed by atoms with Crippen LogP contribution in [0.15, 0.2) is 55.6 Å². The topological polar surface area (TPSA) is 153 Å². The summed E-state index contributed by atoms with van der Waals surface area (Å²) in [6.45, 7) is 8.96.